The van der Waals surface area contributed by atoms with Crippen LogP contribution in [0.25, 0.3) is 0 Å². The Morgan fingerprint density at radius 3 is 2.65 bits per heavy atom. The smallest absolute Gasteiger partial charge is 0.0547 e. The van der Waals surface area contributed by atoms with Crippen LogP contribution in [0.15, 0.2) is 18.2 Å². The Bertz CT molecular complexity index is 414. The molecule has 112 valence electrons. The molecule has 0 bridgehead atoms. The molecule has 1 aliphatic heterocycles. The van der Waals surface area contributed by atoms with Gasteiger partial charge >= 0.3 is 0 Å². The average Bonchev–Trinajstić information content (AvgIpc) is 2.85. The molecule has 2 heterocycles. The van der Waals surface area contributed by atoms with Crippen LogP contribution in [-0.2, 0) is 13.1 Å². The van der Waals surface area contributed by atoms with Crippen LogP contribution in [0.4, 0.5) is 0 Å². The van der Waals surface area contributed by atoms with E-state index < -0.39 is 0 Å². The topological polar surface area (TPSA) is 28.2 Å². The highest BCUT2D eigenvalue weighted by Gasteiger charge is 2.24. The molecule has 1 N–H and O–H groups in total. The Hall–Kier alpha value is -0.930. The Kier molecular flexibility index (Phi) is 5.55. The van der Waals surface area contributed by atoms with E-state index in [1.807, 2.05) is 0 Å². The molecule has 2 rings (SSSR count). The Morgan fingerprint density at radius 2 is 2.00 bits per heavy atom. The van der Waals surface area contributed by atoms with Gasteiger partial charge in [0.2, 0.25) is 0 Å². The quantitative estimate of drug-likeness (QED) is 0.865. The molecule has 0 radical (unpaired) electrons. The summed E-state index contributed by atoms with van der Waals surface area (Å²) in [6.07, 6.45) is 1.34. The minimum Gasteiger partial charge on any atom is -0.309 e. The minimum atomic E-state index is 0.505. The summed E-state index contributed by atoms with van der Waals surface area (Å²) < 4.78 is 0. The standard InChI is InChI=1S/C17H29N3/c1-13(2)15-8-9-20(11-15)12-17-7-5-6-16(19-17)10-18-14(3)4/h5-7,13-15,18H,8-12H2,1-4H3. The van der Waals surface area contributed by atoms with Crippen LogP contribution in [-0.4, -0.2) is 29.0 Å². The molecule has 1 fully saturated rings. The first-order valence-corrected chi connectivity index (χ1v) is 7.95. The second-order valence-corrected chi connectivity index (χ2v) is 6.68. The number of nitrogens with one attached hydrogen (secondary N) is 1. The summed E-state index contributed by atoms with van der Waals surface area (Å²) in [6, 6.07) is 6.91. The molecule has 3 heteroatoms. The lowest BCUT2D eigenvalue weighted by atomic mass is 9.95. The molecule has 0 aliphatic carbocycles. The SMILES string of the molecule is CC(C)NCc1cccc(CN2CCC(C(C)C)C2)n1. The second kappa shape index (κ2) is 7.19. The molecular weight excluding hydrogens is 246 g/mol. The number of rotatable bonds is 6. The lowest BCUT2D eigenvalue weighted by Crippen LogP contribution is -2.24. The van der Waals surface area contributed by atoms with Crippen molar-refractivity contribution in [1.82, 2.24) is 15.2 Å². The van der Waals surface area contributed by atoms with Gasteiger partial charge < -0.3 is 5.32 Å². The third-order valence-corrected chi connectivity index (χ3v) is 4.19. The maximum atomic E-state index is 4.77. The fraction of sp³-hybridized carbons (Fsp3) is 0.706. The Morgan fingerprint density at radius 1 is 1.25 bits per heavy atom. The molecule has 1 aromatic heterocycles. The van der Waals surface area contributed by atoms with Crippen LogP contribution in [0.2, 0.25) is 0 Å². The third-order valence-electron chi connectivity index (χ3n) is 4.19. The second-order valence-electron chi connectivity index (χ2n) is 6.68. The van der Waals surface area contributed by atoms with Gasteiger partial charge in [-0.1, -0.05) is 33.8 Å². The number of hydrogen-bond donors (Lipinski definition) is 1. The monoisotopic (exact) mass is 275 g/mol. The van der Waals surface area contributed by atoms with Gasteiger partial charge in [-0.05, 0) is 36.9 Å². The first-order chi connectivity index (χ1) is 9.54. The Labute approximate surface area is 123 Å². The molecule has 1 aliphatic rings. The van der Waals surface area contributed by atoms with E-state index in [0.717, 1.165) is 30.6 Å². The van der Waals surface area contributed by atoms with Gasteiger partial charge in [-0.15, -0.1) is 0 Å². The molecule has 0 aromatic carbocycles. The van der Waals surface area contributed by atoms with Crippen molar-refractivity contribution in [2.24, 2.45) is 11.8 Å². The molecule has 0 amide bonds. The summed E-state index contributed by atoms with van der Waals surface area (Å²) in [6.45, 7) is 13.3. The molecule has 1 aromatic rings. The normalized spacial score (nSPS) is 20.2. The first-order valence-electron chi connectivity index (χ1n) is 7.95. The van der Waals surface area contributed by atoms with Gasteiger partial charge in [-0.3, -0.25) is 9.88 Å². The van der Waals surface area contributed by atoms with Crippen LogP contribution in [0, 0.1) is 11.8 Å². The predicted molar refractivity (Wildman–Crippen MR) is 84.4 cm³/mol. The van der Waals surface area contributed by atoms with E-state index in [-0.39, 0.29) is 0 Å². The zero-order chi connectivity index (χ0) is 14.5. The van der Waals surface area contributed by atoms with Gasteiger partial charge in [0.25, 0.3) is 0 Å². The van der Waals surface area contributed by atoms with E-state index in [1.165, 1.54) is 25.2 Å². The van der Waals surface area contributed by atoms with Crippen molar-refractivity contribution in [2.45, 2.75) is 53.2 Å². The highest BCUT2D eigenvalue weighted by Crippen LogP contribution is 2.24. The van der Waals surface area contributed by atoms with E-state index in [1.54, 1.807) is 0 Å². The van der Waals surface area contributed by atoms with Crippen molar-refractivity contribution in [3.05, 3.63) is 29.6 Å². The summed E-state index contributed by atoms with van der Waals surface area (Å²) in [5.41, 5.74) is 2.35. The van der Waals surface area contributed by atoms with Gasteiger partial charge in [0.05, 0.1) is 11.4 Å². The van der Waals surface area contributed by atoms with Crippen molar-refractivity contribution in [2.75, 3.05) is 13.1 Å². The summed E-state index contributed by atoms with van der Waals surface area (Å²) in [5, 5.41) is 3.43. The van der Waals surface area contributed by atoms with Gasteiger partial charge in [-0.25, -0.2) is 0 Å². The molecule has 0 spiro atoms. The molecule has 3 nitrogen and oxygen atoms in total. The van der Waals surface area contributed by atoms with E-state index >= 15 is 0 Å². The number of hydrogen-bond acceptors (Lipinski definition) is 3. The zero-order valence-electron chi connectivity index (χ0n) is 13.4. The largest absolute Gasteiger partial charge is 0.309 e. The average molecular weight is 275 g/mol. The molecular formula is C17H29N3. The van der Waals surface area contributed by atoms with Gasteiger partial charge in [0.15, 0.2) is 0 Å². The zero-order valence-corrected chi connectivity index (χ0v) is 13.4. The van der Waals surface area contributed by atoms with Gasteiger partial charge in [0, 0.05) is 25.7 Å². The lowest BCUT2D eigenvalue weighted by Gasteiger charge is -2.18. The number of pyridine rings is 1. The fourth-order valence-corrected chi connectivity index (χ4v) is 2.80. The van der Waals surface area contributed by atoms with E-state index in [0.29, 0.717) is 6.04 Å². The highest BCUT2D eigenvalue weighted by molar-refractivity contribution is 5.11. The van der Waals surface area contributed by atoms with E-state index in [4.69, 9.17) is 4.98 Å². The minimum absolute atomic E-state index is 0.505. The van der Waals surface area contributed by atoms with Crippen molar-refractivity contribution in [1.29, 1.82) is 0 Å². The summed E-state index contributed by atoms with van der Waals surface area (Å²) in [5.74, 6) is 1.66. The van der Waals surface area contributed by atoms with E-state index in [2.05, 4.69) is 56.1 Å². The van der Waals surface area contributed by atoms with Crippen LogP contribution < -0.4 is 5.32 Å². The van der Waals surface area contributed by atoms with Crippen LogP contribution in [0.1, 0.15) is 45.5 Å². The molecule has 20 heavy (non-hydrogen) atoms. The Balaban J connectivity index is 1.88. The summed E-state index contributed by atoms with van der Waals surface area (Å²) in [7, 11) is 0. The number of aromatic nitrogens is 1. The maximum absolute atomic E-state index is 4.77. The lowest BCUT2D eigenvalue weighted by molar-refractivity contribution is 0.293. The predicted octanol–water partition coefficient (Wildman–Crippen LogP) is 3.06. The van der Waals surface area contributed by atoms with Gasteiger partial charge in [-0.2, -0.15) is 0 Å². The molecule has 1 atom stereocenters. The molecule has 1 saturated heterocycles. The van der Waals surface area contributed by atoms with Crippen molar-refractivity contribution in [3.63, 3.8) is 0 Å². The highest BCUT2D eigenvalue weighted by atomic mass is 15.2. The van der Waals surface area contributed by atoms with Crippen LogP contribution in [0.5, 0.6) is 0 Å². The third kappa shape index (κ3) is 4.57. The maximum Gasteiger partial charge on any atom is 0.0547 e. The molecule has 0 saturated carbocycles. The van der Waals surface area contributed by atoms with Gasteiger partial charge in [0.1, 0.15) is 0 Å². The summed E-state index contributed by atoms with van der Waals surface area (Å²) >= 11 is 0. The summed E-state index contributed by atoms with van der Waals surface area (Å²) in [4.78, 5) is 7.32. The van der Waals surface area contributed by atoms with Crippen molar-refractivity contribution >= 4 is 0 Å². The van der Waals surface area contributed by atoms with Crippen molar-refractivity contribution in [3.8, 4) is 0 Å². The van der Waals surface area contributed by atoms with Crippen molar-refractivity contribution < 1.29 is 0 Å². The molecule has 1 unspecified atom stereocenters. The van der Waals surface area contributed by atoms with Crippen LogP contribution >= 0.6 is 0 Å². The fourth-order valence-electron chi connectivity index (χ4n) is 2.80. The van der Waals surface area contributed by atoms with E-state index in [9.17, 15) is 0 Å². The first kappa shape index (κ1) is 15.5. The van der Waals surface area contributed by atoms with Crippen LogP contribution in [0.3, 0.4) is 0 Å². The number of likely N-dealkylation sites (tertiary alicyclic amines) is 1. The number of nitrogens with zero attached hydrogens (tertiary/aromatic N) is 2.